The number of rotatable bonds is 14. The van der Waals surface area contributed by atoms with E-state index in [0.717, 1.165) is 51.4 Å². The van der Waals surface area contributed by atoms with E-state index in [-0.39, 0.29) is 47.4 Å². The predicted octanol–water partition coefficient (Wildman–Crippen LogP) is 8.13. The Hall–Kier alpha value is -7.34. The molecule has 0 atom stereocenters. The fraction of sp³-hybridized carbons (Fsp3) is 0.388. The number of likely N-dealkylation sites (N-methyl/N-ethyl adjacent to an activating group) is 2. The standard InChI is InChI=1S/C25H28F4N4O4.C24H25F4N5O3/c1-3-31-10-12-32(13-11-31)24(36)33(19-6-8-20(37-2)9-7-19)16-18-5-4-17(14-21(18)26)22(34)15-30-23(35)25(27,28)29;1-3-31-10-12-32(13-11-31)23(34)33(18-6-8-19(35-2)9-7-18)15-17-5-4-16(14-20(17)25)21-29-30-22(36-21)24(26,27)28/h4-9,14H,3,10-13,15-16H2,1-2H3,(H,30,35);4-9,14H,3,10-13,15H2,1-2H3. The van der Waals surface area contributed by atoms with E-state index in [1.807, 2.05) is 6.92 Å². The van der Waals surface area contributed by atoms with Crippen LogP contribution in [0.3, 0.4) is 0 Å². The molecular formula is C49H53F8N9O7. The van der Waals surface area contributed by atoms with E-state index in [0.29, 0.717) is 49.1 Å². The molecule has 4 aromatic carbocycles. The average Bonchev–Trinajstić information content (AvgIpc) is 3.91. The molecule has 0 radical (unpaired) electrons. The minimum absolute atomic E-state index is 0.00254. The van der Waals surface area contributed by atoms with Crippen LogP contribution in [0.25, 0.3) is 11.5 Å². The number of anilines is 2. The van der Waals surface area contributed by atoms with Gasteiger partial charge in [-0.3, -0.25) is 19.4 Å². The third kappa shape index (κ3) is 14.4. The van der Waals surface area contributed by atoms with E-state index >= 15 is 4.39 Å². The number of Topliss-reactive ketones (excluding diaryl/α,β-unsaturated/α-hetero) is 1. The number of alkyl halides is 6. The van der Waals surface area contributed by atoms with Crippen molar-refractivity contribution in [1.82, 2.24) is 35.1 Å². The van der Waals surface area contributed by atoms with Gasteiger partial charge in [-0.1, -0.05) is 32.0 Å². The number of hydrogen-bond acceptors (Lipinski definition) is 11. The van der Waals surface area contributed by atoms with Crippen LogP contribution in [0.1, 0.15) is 41.2 Å². The molecule has 2 saturated heterocycles. The van der Waals surface area contributed by atoms with Gasteiger partial charge in [0.1, 0.15) is 23.1 Å². The number of amides is 5. The van der Waals surface area contributed by atoms with Gasteiger partial charge in [0.25, 0.3) is 0 Å². The second kappa shape index (κ2) is 24.4. The van der Waals surface area contributed by atoms with Crippen molar-refractivity contribution in [2.45, 2.75) is 39.3 Å². The molecule has 1 N–H and O–H groups in total. The number of ether oxygens (including phenoxy) is 2. The first-order valence-corrected chi connectivity index (χ1v) is 22.9. The van der Waals surface area contributed by atoms with Crippen molar-refractivity contribution in [3.8, 4) is 23.0 Å². The van der Waals surface area contributed by atoms with Crippen LogP contribution in [-0.4, -0.2) is 146 Å². The lowest BCUT2D eigenvalue weighted by atomic mass is 10.1. The Bertz CT molecular complexity index is 2670. The van der Waals surface area contributed by atoms with Gasteiger partial charge in [0, 0.05) is 86.0 Å². The maximum atomic E-state index is 15.1. The Morgan fingerprint density at radius 1 is 0.630 bits per heavy atom. The van der Waals surface area contributed by atoms with Crippen molar-refractivity contribution in [1.29, 1.82) is 0 Å². The van der Waals surface area contributed by atoms with Crippen LogP contribution in [0, 0.1) is 11.6 Å². The number of nitrogens with one attached hydrogen (secondary N) is 1. The van der Waals surface area contributed by atoms with Crippen LogP contribution in [0.15, 0.2) is 89.3 Å². The number of benzene rings is 4. The fourth-order valence-corrected chi connectivity index (χ4v) is 7.73. The zero-order chi connectivity index (χ0) is 53.0. The van der Waals surface area contributed by atoms with Crippen LogP contribution in [0.4, 0.5) is 56.1 Å². The van der Waals surface area contributed by atoms with Crippen molar-refractivity contribution < 1.29 is 68.2 Å². The molecule has 1 aromatic heterocycles. The monoisotopic (exact) mass is 1030 g/mol. The number of nitrogens with zero attached hydrogens (tertiary/aromatic N) is 8. The van der Waals surface area contributed by atoms with E-state index < -0.39 is 54.0 Å². The molecule has 7 rings (SSSR count). The Kier molecular flexibility index (Phi) is 18.4. The molecule has 2 aliphatic rings. The maximum Gasteiger partial charge on any atom is 0.471 e. The normalized spacial score (nSPS) is 14.5. The number of urea groups is 2. The predicted molar refractivity (Wildman–Crippen MR) is 251 cm³/mol. The van der Waals surface area contributed by atoms with Crippen LogP contribution < -0.4 is 24.6 Å². The topological polar surface area (TPSA) is 157 Å². The number of carbonyl (C=O) groups excluding carboxylic acids is 4. The summed E-state index contributed by atoms with van der Waals surface area (Å²) >= 11 is 0. The van der Waals surface area contributed by atoms with Crippen molar-refractivity contribution in [2.24, 2.45) is 0 Å². The number of hydrogen-bond donors (Lipinski definition) is 1. The molecule has 0 unspecified atom stereocenters. The zero-order valence-electron chi connectivity index (χ0n) is 40.2. The number of aromatic nitrogens is 2. The minimum atomic E-state index is -5.13. The summed E-state index contributed by atoms with van der Waals surface area (Å²) in [5.74, 6) is -5.45. The van der Waals surface area contributed by atoms with Gasteiger partial charge in [-0.05, 0) is 79.8 Å². The minimum Gasteiger partial charge on any atom is -0.497 e. The van der Waals surface area contributed by atoms with Crippen molar-refractivity contribution >= 4 is 35.1 Å². The molecule has 16 nitrogen and oxygen atoms in total. The van der Waals surface area contributed by atoms with Gasteiger partial charge in [0.15, 0.2) is 5.78 Å². The lowest BCUT2D eigenvalue weighted by Crippen LogP contribution is -2.52. The van der Waals surface area contributed by atoms with Gasteiger partial charge in [-0.15, -0.1) is 10.2 Å². The van der Waals surface area contributed by atoms with E-state index in [1.165, 1.54) is 53.6 Å². The highest BCUT2D eigenvalue weighted by molar-refractivity contribution is 6.00. The highest BCUT2D eigenvalue weighted by atomic mass is 19.4. The van der Waals surface area contributed by atoms with Crippen LogP contribution in [0.5, 0.6) is 11.5 Å². The summed E-state index contributed by atoms with van der Waals surface area (Å²) in [6.07, 6.45) is -9.93. The quantitative estimate of drug-likeness (QED) is 0.0847. The number of halogens is 8. The van der Waals surface area contributed by atoms with E-state index in [4.69, 9.17) is 9.47 Å². The van der Waals surface area contributed by atoms with Crippen molar-refractivity contribution in [2.75, 3.05) is 96.0 Å². The van der Waals surface area contributed by atoms with E-state index in [2.05, 4.69) is 31.3 Å². The molecule has 5 amide bonds. The lowest BCUT2D eigenvalue weighted by Gasteiger charge is -2.37. The summed E-state index contributed by atoms with van der Waals surface area (Å²) < 4.78 is 120. The number of carbonyl (C=O) groups is 4. The Labute approximate surface area is 415 Å². The van der Waals surface area contributed by atoms with Crippen molar-refractivity contribution in [3.63, 3.8) is 0 Å². The lowest BCUT2D eigenvalue weighted by molar-refractivity contribution is -0.173. The molecule has 392 valence electrons. The molecule has 0 spiro atoms. The Morgan fingerprint density at radius 2 is 1.08 bits per heavy atom. The van der Waals surface area contributed by atoms with E-state index in [9.17, 15) is 49.9 Å². The Balaban J connectivity index is 0.000000238. The van der Waals surface area contributed by atoms with Crippen LogP contribution in [-0.2, 0) is 24.1 Å². The molecule has 24 heteroatoms. The maximum absolute atomic E-state index is 15.1. The first-order valence-electron chi connectivity index (χ1n) is 22.9. The van der Waals surface area contributed by atoms with Gasteiger partial charge in [0.2, 0.25) is 5.89 Å². The summed E-state index contributed by atoms with van der Waals surface area (Å²) in [6.45, 7) is 9.73. The van der Waals surface area contributed by atoms with Gasteiger partial charge in [-0.2, -0.15) is 26.3 Å². The van der Waals surface area contributed by atoms with Gasteiger partial charge in [-0.25, -0.2) is 18.4 Å². The highest BCUT2D eigenvalue weighted by Gasteiger charge is 2.39. The van der Waals surface area contributed by atoms with Crippen molar-refractivity contribution in [3.05, 3.63) is 119 Å². The summed E-state index contributed by atoms with van der Waals surface area (Å²) in [4.78, 5) is 60.8. The number of ketones is 1. The summed E-state index contributed by atoms with van der Waals surface area (Å²) in [6, 6.07) is 20.2. The third-order valence-corrected chi connectivity index (χ3v) is 12.1. The molecule has 73 heavy (non-hydrogen) atoms. The average molecular weight is 1030 g/mol. The van der Waals surface area contributed by atoms with Gasteiger partial charge < -0.3 is 38.8 Å². The Morgan fingerprint density at radius 3 is 1.47 bits per heavy atom. The molecule has 3 heterocycles. The molecule has 5 aromatic rings. The van der Waals surface area contributed by atoms with Crippen LogP contribution >= 0.6 is 0 Å². The third-order valence-electron chi connectivity index (χ3n) is 12.1. The number of piperazine rings is 2. The van der Waals surface area contributed by atoms with Gasteiger partial charge >= 0.3 is 36.2 Å². The summed E-state index contributed by atoms with van der Waals surface area (Å²) in [7, 11) is 3.04. The summed E-state index contributed by atoms with van der Waals surface area (Å²) in [5, 5.41) is 7.80. The summed E-state index contributed by atoms with van der Waals surface area (Å²) in [5.41, 5.74) is 1.13. The molecular weight excluding hydrogens is 979 g/mol. The highest BCUT2D eigenvalue weighted by Crippen LogP contribution is 2.32. The molecule has 2 fully saturated rings. The second-order valence-corrected chi connectivity index (χ2v) is 16.6. The molecule has 0 bridgehead atoms. The number of methoxy groups -OCH3 is 2. The molecule has 0 aliphatic carbocycles. The smallest absolute Gasteiger partial charge is 0.471 e. The first kappa shape index (κ1) is 55.0. The van der Waals surface area contributed by atoms with E-state index in [1.54, 1.807) is 58.3 Å². The SMILES string of the molecule is CCN1CCN(C(=O)N(Cc2ccc(-c3nnc(C(F)(F)F)o3)cc2F)c2ccc(OC)cc2)CC1.CCN1CCN(C(=O)N(Cc2ccc(C(=O)CNC(=O)C(F)(F)F)cc2F)c2ccc(OC)cc2)CC1. The molecule has 2 aliphatic heterocycles. The second-order valence-electron chi connectivity index (χ2n) is 16.6. The fourth-order valence-electron chi connectivity index (χ4n) is 7.73. The zero-order valence-corrected chi connectivity index (χ0v) is 40.2. The van der Waals surface area contributed by atoms with Gasteiger partial charge in [0.05, 0.1) is 33.9 Å². The first-order chi connectivity index (χ1) is 34.7. The molecule has 0 saturated carbocycles. The largest absolute Gasteiger partial charge is 0.497 e. The van der Waals surface area contributed by atoms with Crippen LogP contribution in [0.2, 0.25) is 0 Å².